The first-order chi connectivity index (χ1) is 16.9. The molecular weight excluding hydrogens is 452 g/mol. The number of nitrogen functional groups attached to an aromatic ring is 1. The van der Waals surface area contributed by atoms with Gasteiger partial charge in [0.05, 0.1) is 12.8 Å². The summed E-state index contributed by atoms with van der Waals surface area (Å²) < 4.78 is 6.56. The smallest absolute Gasteiger partial charge is 0.330 e. The number of anilines is 2. The van der Waals surface area contributed by atoms with Gasteiger partial charge in [-0.05, 0) is 31.4 Å². The summed E-state index contributed by atoms with van der Waals surface area (Å²) in [5, 5.41) is 0. The van der Waals surface area contributed by atoms with Crippen molar-refractivity contribution in [2.45, 2.75) is 58.0 Å². The zero-order chi connectivity index (χ0) is 24.9. The molecule has 2 aromatic rings. The molecule has 0 bridgehead atoms. The molecule has 1 aliphatic carbocycles. The normalized spacial score (nSPS) is 17.1. The number of furan rings is 1. The zero-order valence-corrected chi connectivity index (χ0v) is 20.2. The van der Waals surface area contributed by atoms with Gasteiger partial charge in [-0.1, -0.05) is 26.2 Å². The van der Waals surface area contributed by atoms with Crippen LogP contribution < -0.4 is 21.9 Å². The third-order valence-electron chi connectivity index (χ3n) is 6.90. The third-order valence-corrected chi connectivity index (χ3v) is 6.90. The van der Waals surface area contributed by atoms with Crippen LogP contribution >= 0.6 is 0 Å². The Balaban J connectivity index is 1.52. The Morgan fingerprint density at radius 1 is 1.17 bits per heavy atom. The second-order valence-electron chi connectivity index (χ2n) is 9.25. The Hall–Kier alpha value is -3.34. The van der Waals surface area contributed by atoms with E-state index in [9.17, 15) is 19.2 Å². The lowest BCUT2D eigenvalue weighted by atomic mass is 10.1. The SMILES string of the molecule is CCCCn1c(N)c(N(C(=O)CN2CCN(C(=O)c3ccco3)CC2)C2CCCC2)c(=O)[nH]c1=O. The van der Waals surface area contributed by atoms with Crippen LogP contribution in [0.25, 0.3) is 0 Å². The first-order valence-corrected chi connectivity index (χ1v) is 12.4. The Morgan fingerprint density at radius 2 is 1.89 bits per heavy atom. The minimum absolute atomic E-state index is 0.0429. The second kappa shape index (κ2) is 10.9. The monoisotopic (exact) mass is 486 g/mol. The van der Waals surface area contributed by atoms with E-state index in [1.807, 2.05) is 11.8 Å². The predicted octanol–water partition coefficient (Wildman–Crippen LogP) is 1.25. The van der Waals surface area contributed by atoms with Crippen LogP contribution in [-0.4, -0.2) is 69.9 Å². The lowest BCUT2D eigenvalue weighted by molar-refractivity contribution is -0.120. The first-order valence-electron chi connectivity index (χ1n) is 12.4. The number of hydrogen-bond donors (Lipinski definition) is 2. The van der Waals surface area contributed by atoms with Crippen molar-refractivity contribution in [2.24, 2.45) is 0 Å². The van der Waals surface area contributed by atoms with Gasteiger partial charge in [-0.2, -0.15) is 0 Å². The molecular formula is C24H34N6O5. The molecule has 0 aromatic carbocycles. The summed E-state index contributed by atoms with van der Waals surface area (Å²) in [6.07, 6.45) is 6.56. The zero-order valence-electron chi connectivity index (χ0n) is 20.2. The van der Waals surface area contributed by atoms with Crippen molar-refractivity contribution < 1.29 is 14.0 Å². The molecule has 2 aromatic heterocycles. The summed E-state index contributed by atoms with van der Waals surface area (Å²) in [6.45, 7) is 4.48. The highest BCUT2D eigenvalue weighted by Crippen LogP contribution is 2.29. The lowest BCUT2D eigenvalue weighted by Crippen LogP contribution is -2.53. The molecule has 1 saturated carbocycles. The average molecular weight is 487 g/mol. The molecule has 4 rings (SSSR count). The number of H-pyrrole nitrogens is 1. The molecule has 35 heavy (non-hydrogen) atoms. The standard InChI is InChI=1S/C24H34N6O5/c1-2-3-10-29-21(25)20(22(32)26-24(29)34)30(17-7-4-5-8-17)19(31)16-27-11-13-28(14-12-27)23(33)18-9-6-15-35-18/h6,9,15,17H,2-5,7-8,10-14,16,25H2,1H3,(H,26,32,34). The highest BCUT2D eigenvalue weighted by atomic mass is 16.3. The molecule has 0 atom stereocenters. The molecule has 190 valence electrons. The number of nitrogens with zero attached hydrogens (tertiary/aromatic N) is 4. The molecule has 1 saturated heterocycles. The quantitative estimate of drug-likeness (QED) is 0.573. The molecule has 11 nitrogen and oxygen atoms in total. The van der Waals surface area contributed by atoms with Gasteiger partial charge in [0.1, 0.15) is 5.82 Å². The van der Waals surface area contributed by atoms with Crippen LogP contribution in [0.15, 0.2) is 32.4 Å². The maximum absolute atomic E-state index is 13.6. The van der Waals surface area contributed by atoms with Crippen LogP contribution in [0.3, 0.4) is 0 Å². The van der Waals surface area contributed by atoms with Gasteiger partial charge in [-0.25, -0.2) is 4.79 Å². The summed E-state index contributed by atoms with van der Waals surface area (Å²) >= 11 is 0. The number of unbranched alkanes of at least 4 members (excludes halogenated alkanes) is 1. The first kappa shape index (κ1) is 24.8. The summed E-state index contributed by atoms with van der Waals surface area (Å²) in [4.78, 5) is 59.0. The Labute approximate surface area is 203 Å². The molecule has 1 aliphatic heterocycles. The van der Waals surface area contributed by atoms with Crippen LogP contribution in [0.5, 0.6) is 0 Å². The minimum Gasteiger partial charge on any atom is -0.459 e. The van der Waals surface area contributed by atoms with Crippen molar-refractivity contribution in [1.82, 2.24) is 19.4 Å². The van der Waals surface area contributed by atoms with Gasteiger partial charge in [-0.3, -0.25) is 28.8 Å². The van der Waals surface area contributed by atoms with Gasteiger partial charge in [0.25, 0.3) is 11.5 Å². The number of nitrogens with one attached hydrogen (secondary N) is 1. The van der Waals surface area contributed by atoms with E-state index < -0.39 is 11.2 Å². The number of hydrogen-bond acceptors (Lipinski definition) is 7. The summed E-state index contributed by atoms with van der Waals surface area (Å²) in [7, 11) is 0. The van der Waals surface area contributed by atoms with Crippen molar-refractivity contribution in [3.05, 3.63) is 45.0 Å². The fourth-order valence-electron chi connectivity index (χ4n) is 4.95. The molecule has 2 fully saturated rings. The van der Waals surface area contributed by atoms with E-state index >= 15 is 0 Å². The van der Waals surface area contributed by atoms with Crippen LogP contribution in [0, 0.1) is 0 Å². The third kappa shape index (κ3) is 5.34. The van der Waals surface area contributed by atoms with Gasteiger partial charge in [0.15, 0.2) is 11.4 Å². The number of carbonyl (C=O) groups is 2. The number of rotatable bonds is 8. The fourth-order valence-corrected chi connectivity index (χ4v) is 4.95. The van der Waals surface area contributed by atoms with Gasteiger partial charge in [-0.15, -0.1) is 0 Å². The Morgan fingerprint density at radius 3 is 2.51 bits per heavy atom. The van der Waals surface area contributed by atoms with Gasteiger partial charge in [0.2, 0.25) is 5.91 Å². The molecule has 3 N–H and O–H groups in total. The van der Waals surface area contributed by atoms with E-state index in [0.29, 0.717) is 38.5 Å². The van der Waals surface area contributed by atoms with Crippen LogP contribution in [0.1, 0.15) is 56.0 Å². The minimum atomic E-state index is -0.630. The maximum Gasteiger partial charge on any atom is 0.330 e. The molecule has 0 unspecified atom stereocenters. The topological polar surface area (TPSA) is 138 Å². The van der Waals surface area contributed by atoms with Crippen molar-refractivity contribution in [2.75, 3.05) is 43.4 Å². The molecule has 2 aliphatic rings. The van der Waals surface area contributed by atoms with Gasteiger partial charge < -0.3 is 20.0 Å². The summed E-state index contributed by atoms with van der Waals surface area (Å²) in [6, 6.07) is 3.18. The largest absolute Gasteiger partial charge is 0.459 e. The van der Waals surface area contributed by atoms with E-state index in [-0.39, 0.29) is 35.9 Å². The lowest BCUT2D eigenvalue weighted by Gasteiger charge is -2.36. The van der Waals surface area contributed by atoms with Crippen molar-refractivity contribution >= 4 is 23.3 Å². The van der Waals surface area contributed by atoms with E-state index in [1.165, 1.54) is 15.7 Å². The van der Waals surface area contributed by atoms with Crippen LogP contribution in [0.4, 0.5) is 11.5 Å². The van der Waals surface area contributed by atoms with Crippen LogP contribution in [-0.2, 0) is 11.3 Å². The highest BCUT2D eigenvalue weighted by molar-refractivity contribution is 5.97. The highest BCUT2D eigenvalue weighted by Gasteiger charge is 2.34. The van der Waals surface area contributed by atoms with E-state index in [0.717, 1.165) is 38.5 Å². The van der Waals surface area contributed by atoms with E-state index in [1.54, 1.807) is 17.0 Å². The average Bonchev–Trinajstić information content (AvgIpc) is 3.56. The Bertz CT molecular complexity index is 1140. The van der Waals surface area contributed by atoms with Crippen molar-refractivity contribution in [3.63, 3.8) is 0 Å². The van der Waals surface area contributed by atoms with Crippen LogP contribution in [0.2, 0.25) is 0 Å². The molecule has 11 heteroatoms. The molecule has 2 amide bonds. The van der Waals surface area contributed by atoms with E-state index in [2.05, 4.69) is 4.98 Å². The summed E-state index contributed by atoms with van der Waals surface area (Å²) in [5.41, 5.74) is 5.23. The van der Waals surface area contributed by atoms with Gasteiger partial charge >= 0.3 is 5.69 Å². The Kier molecular flexibility index (Phi) is 7.74. The fraction of sp³-hybridized carbons (Fsp3) is 0.583. The number of piperazine rings is 1. The summed E-state index contributed by atoms with van der Waals surface area (Å²) in [5.74, 6) is -0.0426. The van der Waals surface area contributed by atoms with Gasteiger partial charge in [0, 0.05) is 38.8 Å². The van der Waals surface area contributed by atoms with Crippen molar-refractivity contribution in [3.8, 4) is 0 Å². The molecule has 0 radical (unpaired) electrons. The number of nitrogens with two attached hydrogens (primary N) is 1. The number of aromatic nitrogens is 2. The molecule has 0 spiro atoms. The maximum atomic E-state index is 13.6. The predicted molar refractivity (Wildman–Crippen MR) is 131 cm³/mol. The van der Waals surface area contributed by atoms with Crippen molar-refractivity contribution in [1.29, 1.82) is 0 Å². The number of carbonyl (C=O) groups excluding carboxylic acids is 2. The number of amides is 2. The number of aromatic amines is 1. The second-order valence-corrected chi connectivity index (χ2v) is 9.25. The molecule has 3 heterocycles. The van der Waals surface area contributed by atoms with E-state index in [4.69, 9.17) is 10.2 Å².